The quantitative estimate of drug-likeness (QED) is 0.0244. The number of aliphatic imine (C=N–C) groups is 1. The summed E-state index contributed by atoms with van der Waals surface area (Å²) in [7, 11) is 3.73. The predicted octanol–water partition coefficient (Wildman–Crippen LogP) is -2.67. The van der Waals surface area contributed by atoms with Gasteiger partial charge in [-0.3, -0.25) is 57.7 Å². The molecule has 0 aromatic heterocycles. The standard InChI is InChI=1S/C48H76N14O12S2/c1-5-27(3)40-45(72)58-31(16-17-35(49)63)42(69)59-33(22-36(50)64)43(70)60-34(46(73)62(4)25-39(67)56-30(11-10-20-54-47(52)53)41(68)55-24-37(51)65)26-75-76-48(18-8-7-9-19-48)23-38(66)57-32(44(71)61-40)21-28-12-14-29(15-13-28)74-6-2/h12-15,27,30-34,40H,5-11,16-26H2,1-4H3,(H2,49,63)(H2,50,64)(H2,51,65)(H,55,68)(H,56,67)(H,57,66)(H,58,72)(H,59,69)(H,60,70)(H,61,71)(H4,52,53,54)/t27-,30-,31-,32-,33-,34+,40-/m0/s1. The highest BCUT2D eigenvalue weighted by Gasteiger charge is 2.40. The number of ether oxygens (including phenoxy) is 1. The molecule has 11 amide bonds. The summed E-state index contributed by atoms with van der Waals surface area (Å²) >= 11 is 0. The topological polar surface area (TPSA) is 427 Å². The summed E-state index contributed by atoms with van der Waals surface area (Å²) < 4.78 is 4.86. The fraction of sp³-hybridized carbons (Fsp3) is 0.625. The fourth-order valence-corrected chi connectivity index (χ4v) is 11.7. The maximum absolute atomic E-state index is 14.4. The van der Waals surface area contributed by atoms with Gasteiger partial charge in [0.1, 0.15) is 42.0 Å². The number of amides is 11. The summed E-state index contributed by atoms with van der Waals surface area (Å²) in [5.41, 5.74) is 27.7. The first-order chi connectivity index (χ1) is 36.0. The SMILES string of the molecule is CCOc1ccc(C[C@@H]2NC(=O)CC3(CCCCC3)SSC[C@H](C(=O)N(C)CC(=O)N[C@@H](CCCN=C(N)N)C(=O)NCC(N)=O)NC(=O)[C@H](CC(N)=O)NC(=O)[C@H](CCC(N)=O)NC(=O)[C@H]([C@@H](C)CC)NC2=O)cc1. The van der Waals surface area contributed by atoms with E-state index in [1.807, 2.05) is 6.92 Å². The summed E-state index contributed by atoms with van der Waals surface area (Å²) in [4.78, 5) is 153. The predicted molar refractivity (Wildman–Crippen MR) is 285 cm³/mol. The Morgan fingerprint density at radius 3 is 2.07 bits per heavy atom. The van der Waals surface area contributed by atoms with Crippen molar-refractivity contribution in [1.29, 1.82) is 0 Å². The third-order valence-corrected chi connectivity index (χ3v) is 15.9. The summed E-state index contributed by atoms with van der Waals surface area (Å²) in [6.45, 7) is 4.65. The van der Waals surface area contributed by atoms with Gasteiger partial charge in [0.2, 0.25) is 65.0 Å². The molecule has 1 heterocycles. The van der Waals surface area contributed by atoms with Crippen LogP contribution < -0.4 is 70.6 Å². The molecule has 2 fully saturated rings. The van der Waals surface area contributed by atoms with E-state index in [0.29, 0.717) is 37.2 Å². The zero-order valence-corrected chi connectivity index (χ0v) is 45.2. The molecule has 3 rings (SSSR count). The third kappa shape index (κ3) is 22.2. The van der Waals surface area contributed by atoms with Crippen LogP contribution in [0.3, 0.4) is 0 Å². The van der Waals surface area contributed by atoms with Gasteiger partial charge in [-0.1, -0.05) is 73.3 Å². The molecule has 1 aromatic rings. The van der Waals surface area contributed by atoms with Crippen LogP contribution in [0.1, 0.15) is 103 Å². The molecule has 1 saturated heterocycles. The lowest BCUT2D eigenvalue weighted by Crippen LogP contribution is -2.61. The molecule has 1 aliphatic heterocycles. The Kier molecular flexibility index (Phi) is 26.6. The second kappa shape index (κ2) is 31.9. The molecule has 0 radical (unpaired) electrons. The highest BCUT2D eigenvalue weighted by atomic mass is 33.1. The van der Waals surface area contributed by atoms with Crippen molar-refractivity contribution in [3.8, 4) is 5.75 Å². The molecule has 1 saturated carbocycles. The van der Waals surface area contributed by atoms with Crippen molar-refractivity contribution in [2.24, 2.45) is 39.6 Å². The van der Waals surface area contributed by atoms with E-state index in [-0.39, 0.29) is 50.4 Å². The summed E-state index contributed by atoms with van der Waals surface area (Å²) in [5.74, 6) is -9.60. The van der Waals surface area contributed by atoms with Crippen molar-refractivity contribution >= 4 is 92.5 Å². The number of guanidine groups is 1. The maximum Gasteiger partial charge on any atom is 0.246 e. The van der Waals surface area contributed by atoms with E-state index < -0.39 is 138 Å². The van der Waals surface area contributed by atoms with E-state index in [1.165, 1.54) is 17.8 Å². The number of carbonyl (C=O) groups is 11. The molecule has 0 unspecified atom stereocenters. The molecule has 7 atom stereocenters. The first kappa shape index (κ1) is 63.5. The van der Waals surface area contributed by atoms with Crippen molar-refractivity contribution in [3.05, 3.63) is 29.8 Å². The van der Waals surface area contributed by atoms with Gasteiger partial charge in [-0.2, -0.15) is 0 Å². The van der Waals surface area contributed by atoms with Gasteiger partial charge in [0.15, 0.2) is 5.96 Å². The number of likely N-dealkylation sites (N-methyl/N-ethyl adjacent to an activating group) is 1. The third-order valence-electron chi connectivity index (χ3n) is 12.6. The van der Waals surface area contributed by atoms with Gasteiger partial charge in [-0.15, -0.1) is 0 Å². The molecule has 26 nitrogen and oxygen atoms in total. The molecule has 76 heavy (non-hydrogen) atoms. The van der Waals surface area contributed by atoms with E-state index in [0.717, 1.165) is 35.0 Å². The Morgan fingerprint density at radius 2 is 1.46 bits per heavy atom. The Balaban J connectivity index is 2.10. The van der Waals surface area contributed by atoms with E-state index in [2.05, 4.69) is 42.2 Å². The number of nitrogens with two attached hydrogens (primary N) is 5. The lowest BCUT2D eigenvalue weighted by atomic mass is 9.85. The largest absolute Gasteiger partial charge is 0.494 e. The number of benzene rings is 1. The zero-order valence-electron chi connectivity index (χ0n) is 43.6. The van der Waals surface area contributed by atoms with Crippen LogP contribution >= 0.6 is 21.6 Å². The monoisotopic (exact) mass is 1100 g/mol. The Bertz CT molecular complexity index is 2250. The van der Waals surface area contributed by atoms with Gasteiger partial charge in [-0.05, 0) is 62.6 Å². The van der Waals surface area contributed by atoms with Crippen LogP contribution in [0, 0.1) is 5.92 Å². The van der Waals surface area contributed by atoms with Gasteiger partial charge in [0.25, 0.3) is 0 Å². The number of carbonyl (C=O) groups excluding carboxylic acids is 11. The average Bonchev–Trinajstić information content (AvgIpc) is 3.35. The fourth-order valence-electron chi connectivity index (χ4n) is 8.36. The molecule has 1 aliphatic carbocycles. The van der Waals surface area contributed by atoms with E-state index in [4.69, 9.17) is 33.4 Å². The molecule has 2 aliphatic rings. The number of nitrogens with one attached hydrogen (secondary N) is 7. The van der Waals surface area contributed by atoms with Gasteiger partial charge < -0.3 is 75.5 Å². The molecule has 28 heteroatoms. The first-order valence-corrected chi connectivity index (χ1v) is 27.5. The number of hydrogen-bond donors (Lipinski definition) is 12. The highest BCUT2D eigenvalue weighted by Crippen LogP contribution is 2.48. The van der Waals surface area contributed by atoms with Gasteiger partial charge in [-0.25, -0.2) is 0 Å². The van der Waals surface area contributed by atoms with Crippen molar-refractivity contribution < 1.29 is 57.5 Å². The molecule has 1 aromatic carbocycles. The first-order valence-electron chi connectivity index (χ1n) is 25.2. The van der Waals surface area contributed by atoms with Gasteiger partial charge in [0, 0.05) is 43.4 Å². The normalized spacial score (nSPS) is 21.6. The number of primary amides is 3. The minimum atomic E-state index is -1.76. The Hall–Kier alpha value is -6.84. The summed E-state index contributed by atoms with van der Waals surface area (Å²) in [6, 6.07) is -1.56. The van der Waals surface area contributed by atoms with Crippen LogP contribution in [0.15, 0.2) is 29.3 Å². The summed E-state index contributed by atoms with van der Waals surface area (Å²) in [5, 5.41) is 18.2. The molecular weight excluding hydrogens is 1030 g/mol. The van der Waals surface area contributed by atoms with Gasteiger partial charge >= 0.3 is 0 Å². The van der Waals surface area contributed by atoms with Gasteiger partial charge in [0.05, 0.1) is 26.1 Å². The van der Waals surface area contributed by atoms with Crippen molar-refractivity contribution in [2.75, 3.05) is 39.0 Å². The van der Waals surface area contributed by atoms with Crippen LogP contribution in [-0.2, 0) is 59.2 Å². The molecule has 0 bridgehead atoms. The van der Waals surface area contributed by atoms with Crippen LogP contribution in [0.2, 0.25) is 0 Å². The number of nitrogens with zero attached hydrogens (tertiary/aromatic N) is 2. The molecular formula is C48H76N14O12S2. The van der Waals surface area contributed by atoms with Crippen LogP contribution in [0.25, 0.3) is 0 Å². The minimum absolute atomic E-state index is 0.00613. The van der Waals surface area contributed by atoms with Crippen LogP contribution in [0.4, 0.5) is 0 Å². The second-order valence-electron chi connectivity index (χ2n) is 18.9. The van der Waals surface area contributed by atoms with E-state index >= 15 is 0 Å². The van der Waals surface area contributed by atoms with Crippen molar-refractivity contribution in [2.45, 2.75) is 145 Å². The number of hydrogen-bond acceptors (Lipinski definition) is 15. The van der Waals surface area contributed by atoms with E-state index in [9.17, 15) is 52.7 Å². The van der Waals surface area contributed by atoms with Crippen LogP contribution in [-0.4, -0.2) is 156 Å². The summed E-state index contributed by atoms with van der Waals surface area (Å²) in [6.07, 6.45) is 2.46. The molecule has 17 N–H and O–H groups in total. The molecule has 1 spiro atoms. The average molecular weight is 1110 g/mol. The van der Waals surface area contributed by atoms with Crippen molar-refractivity contribution in [3.63, 3.8) is 0 Å². The van der Waals surface area contributed by atoms with Crippen molar-refractivity contribution in [1.82, 2.24) is 42.1 Å². The second-order valence-corrected chi connectivity index (χ2v) is 21.7. The lowest BCUT2D eigenvalue weighted by molar-refractivity contribution is -0.139. The zero-order chi connectivity index (χ0) is 56.5. The van der Waals surface area contributed by atoms with E-state index in [1.54, 1.807) is 38.1 Å². The maximum atomic E-state index is 14.4. The highest BCUT2D eigenvalue weighted by molar-refractivity contribution is 8.77. The Morgan fingerprint density at radius 1 is 0.816 bits per heavy atom. The number of rotatable bonds is 22. The van der Waals surface area contributed by atoms with Crippen LogP contribution in [0.5, 0.6) is 5.75 Å². The Labute approximate surface area is 449 Å². The smallest absolute Gasteiger partial charge is 0.246 e. The minimum Gasteiger partial charge on any atom is -0.494 e. The molecule has 422 valence electrons. The lowest BCUT2D eigenvalue weighted by Gasteiger charge is -2.36.